The summed E-state index contributed by atoms with van der Waals surface area (Å²) >= 11 is 0. The number of anilines is 1. The number of amides is 3. The number of hydrogen-bond acceptors (Lipinski definition) is 4. The zero-order chi connectivity index (χ0) is 24.9. The van der Waals surface area contributed by atoms with Gasteiger partial charge in [0.25, 0.3) is 5.91 Å². The molecule has 6 heteroatoms. The van der Waals surface area contributed by atoms with Crippen LogP contribution in [0.2, 0.25) is 0 Å². The Morgan fingerprint density at radius 3 is 2.06 bits per heavy atom. The van der Waals surface area contributed by atoms with Crippen molar-refractivity contribution in [2.24, 2.45) is 0 Å². The summed E-state index contributed by atoms with van der Waals surface area (Å²) in [5.74, 6) is 0.0358. The Morgan fingerprint density at radius 2 is 1.47 bits per heavy atom. The minimum absolute atomic E-state index is 0.0000834. The molecule has 0 unspecified atom stereocenters. The van der Waals surface area contributed by atoms with Gasteiger partial charge in [-0.2, -0.15) is 0 Å². The number of carbonyl (C=O) groups is 2. The minimum atomic E-state index is -0.698. The van der Waals surface area contributed by atoms with Crippen molar-refractivity contribution in [2.75, 3.05) is 31.1 Å². The van der Waals surface area contributed by atoms with Gasteiger partial charge >= 0.3 is 6.03 Å². The number of imide groups is 1. The molecule has 0 aromatic heterocycles. The van der Waals surface area contributed by atoms with Gasteiger partial charge in [-0.15, -0.1) is 0 Å². The maximum absolute atomic E-state index is 14.0. The molecule has 4 aliphatic rings. The molecule has 3 heterocycles. The first-order valence-corrected chi connectivity index (χ1v) is 13.8. The van der Waals surface area contributed by atoms with Crippen molar-refractivity contribution in [2.45, 2.75) is 76.5 Å². The highest BCUT2D eigenvalue weighted by Crippen LogP contribution is 2.41. The Labute approximate surface area is 214 Å². The van der Waals surface area contributed by atoms with E-state index in [1.807, 2.05) is 30.9 Å². The molecule has 2 aromatic carbocycles. The molecular formula is C30H38N4O2. The van der Waals surface area contributed by atoms with Crippen molar-refractivity contribution in [1.82, 2.24) is 14.7 Å². The fraction of sp³-hybridized carbons (Fsp3) is 0.533. The molecule has 1 aliphatic carbocycles. The first-order valence-electron chi connectivity index (χ1n) is 13.8. The molecule has 0 radical (unpaired) electrons. The molecule has 0 saturated carbocycles. The quantitative estimate of drug-likeness (QED) is 0.586. The standard InChI is InChI=1S/C30H38N4O2/c1-22(2)34-29(36)33(27-19-24-7-3-4-8-25(24)20-27)28(35)30(34)13-17-31(18-14-30)21-23-9-11-26(12-10-23)32-15-5-6-16-32/h3-4,7-12,22,27H,5-6,13-21H2,1-2H3. The molecule has 2 aromatic rings. The summed E-state index contributed by atoms with van der Waals surface area (Å²) in [6.45, 7) is 8.97. The summed E-state index contributed by atoms with van der Waals surface area (Å²) in [5, 5.41) is 0. The summed E-state index contributed by atoms with van der Waals surface area (Å²) in [7, 11) is 0. The number of nitrogens with zero attached hydrogens (tertiary/aromatic N) is 4. The van der Waals surface area contributed by atoms with Crippen molar-refractivity contribution in [3.63, 3.8) is 0 Å². The Balaban J connectivity index is 1.15. The van der Waals surface area contributed by atoms with Gasteiger partial charge in [-0.05, 0) is 81.2 Å². The third kappa shape index (κ3) is 3.90. The highest BCUT2D eigenvalue weighted by Gasteiger charge is 2.60. The smallest absolute Gasteiger partial charge is 0.328 e. The monoisotopic (exact) mass is 486 g/mol. The second-order valence-electron chi connectivity index (χ2n) is 11.4. The highest BCUT2D eigenvalue weighted by atomic mass is 16.2. The first-order chi connectivity index (χ1) is 17.5. The van der Waals surface area contributed by atoms with E-state index in [0.717, 1.165) is 45.6 Å². The van der Waals surface area contributed by atoms with E-state index in [2.05, 4.69) is 46.2 Å². The van der Waals surface area contributed by atoms with E-state index in [0.29, 0.717) is 12.8 Å². The van der Waals surface area contributed by atoms with Crippen molar-refractivity contribution < 1.29 is 9.59 Å². The van der Waals surface area contributed by atoms with Crippen LogP contribution in [0.5, 0.6) is 0 Å². The number of benzene rings is 2. The Bertz CT molecular complexity index is 1100. The second-order valence-corrected chi connectivity index (χ2v) is 11.4. The molecule has 0 N–H and O–H groups in total. The van der Waals surface area contributed by atoms with Gasteiger partial charge in [0.05, 0.1) is 0 Å². The lowest BCUT2D eigenvalue weighted by molar-refractivity contribution is -0.137. The normalized spacial score (nSPS) is 22.5. The van der Waals surface area contributed by atoms with Crippen molar-refractivity contribution >= 4 is 17.6 Å². The minimum Gasteiger partial charge on any atom is -0.372 e. The zero-order valence-corrected chi connectivity index (χ0v) is 21.7. The van der Waals surface area contributed by atoms with Crippen LogP contribution in [0.4, 0.5) is 10.5 Å². The Morgan fingerprint density at radius 1 is 0.861 bits per heavy atom. The molecule has 3 amide bonds. The number of fused-ring (bicyclic) bond motifs is 1. The van der Waals surface area contributed by atoms with E-state index in [-0.39, 0.29) is 24.0 Å². The van der Waals surface area contributed by atoms with Crippen molar-refractivity contribution in [3.8, 4) is 0 Å². The number of urea groups is 1. The molecule has 3 aliphatic heterocycles. The maximum Gasteiger partial charge on any atom is 0.328 e. The summed E-state index contributed by atoms with van der Waals surface area (Å²) in [4.78, 5) is 36.2. The number of likely N-dealkylation sites (tertiary alicyclic amines) is 1. The predicted octanol–water partition coefficient (Wildman–Crippen LogP) is 4.46. The van der Waals surface area contributed by atoms with E-state index in [9.17, 15) is 9.59 Å². The summed E-state index contributed by atoms with van der Waals surface area (Å²) in [6.07, 6.45) is 5.54. The average Bonchev–Trinajstić information content (AvgIpc) is 3.59. The van der Waals surface area contributed by atoms with Gasteiger partial charge in [0.15, 0.2) is 0 Å². The second kappa shape index (κ2) is 9.22. The molecule has 36 heavy (non-hydrogen) atoms. The molecular weight excluding hydrogens is 448 g/mol. The van der Waals surface area contributed by atoms with Gasteiger partial charge in [0.1, 0.15) is 5.54 Å². The molecule has 190 valence electrons. The number of carbonyl (C=O) groups excluding carboxylic acids is 2. The molecule has 6 rings (SSSR count). The molecule has 6 nitrogen and oxygen atoms in total. The summed E-state index contributed by atoms with van der Waals surface area (Å²) < 4.78 is 0. The SMILES string of the molecule is CC(C)N1C(=O)N(C2Cc3ccccc3C2)C(=O)C12CCN(Cc1ccc(N3CCCC3)cc1)CC2. The molecule has 1 spiro atoms. The Kier molecular flexibility index (Phi) is 6.03. The van der Waals surface area contributed by atoms with Crippen molar-refractivity contribution in [3.05, 3.63) is 65.2 Å². The van der Waals surface area contributed by atoms with Gasteiger partial charge in [-0.1, -0.05) is 36.4 Å². The van der Waals surface area contributed by atoms with Crippen LogP contribution in [0.3, 0.4) is 0 Å². The van der Waals surface area contributed by atoms with Gasteiger partial charge < -0.3 is 9.80 Å². The largest absolute Gasteiger partial charge is 0.372 e. The van der Waals surface area contributed by atoms with Gasteiger partial charge in [0.2, 0.25) is 0 Å². The molecule has 0 atom stereocenters. The van der Waals surface area contributed by atoms with Crippen LogP contribution in [0.25, 0.3) is 0 Å². The van der Waals surface area contributed by atoms with Gasteiger partial charge in [0, 0.05) is 50.5 Å². The summed E-state index contributed by atoms with van der Waals surface area (Å²) in [5.41, 5.74) is 4.48. The fourth-order valence-corrected chi connectivity index (χ4v) is 7.05. The summed E-state index contributed by atoms with van der Waals surface area (Å²) in [6, 6.07) is 17.2. The number of piperidine rings is 1. The third-order valence-corrected chi connectivity index (χ3v) is 8.90. The van der Waals surface area contributed by atoms with E-state index in [4.69, 9.17) is 0 Å². The maximum atomic E-state index is 14.0. The zero-order valence-electron chi connectivity index (χ0n) is 21.7. The van der Waals surface area contributed by atoms with Crippen LogP contribution in [0.15, 0.2) is 48.5 Å². The highest BCUT2D eigenvalue weighted by molar-refractivity contribution is 6.07. The van der Waals surface area contributed by atoms with Crippen LogP contribution in [-0.4, -0.2) is 70.4 Å². The lowest BCUT2D eigenvalue weighted by Gasteiger charge is -2.43. The van der Waals surface area contributed by atoms with E-state index < -0.39 is 5.54 Å². The van der Waals surface area contributed by atoms with Crippen LogP contribution in [0.1, 0.15) is 56.2 Å². The first kappa shape index (κ1) is 23.5. The fourth-order valence-electron chi connectivity index (χ4n) is 7.05. The van der Waals surface area contributed by atoms with Crippen LogP contribution >= 0.6 is 0 Å². The topological polar surface area (TPSA) is 47.1 Å². The average molecular weight is 487 g/mol. The van der Waals surface area contributed by atoms with Crippen LogP contribution in [-0.2, 0) is 24.2 Å². The molecule has 3 saturated heterocycles. The van der Waals surface area contributed by atoms with Crippen LogP contribution < -0.4 is 4.90 Å². The molecule has 3 fully saturated rings. The van der Waals surface area contributed by atoms with Gasteiger partial charge in [-0.25, -0.2) is 4.79 Å². The van der Waals surface area contributed by atoms with E-state index in [1.54, 1.807) is 4.90 Å². The number of rotatable bonds is 5. The van der Waals surface area contributed by atoms with Crippen molar-refractivity contribution in [1.29, 1.82) is 0 Å². The lowest BCUT2D eigenvalue weighted by Crippen LogP contribution is -2.58. The third-order valence-electron chi connectivity index (χ3n) is 8.90. The predicted molar refractivity (Wildman–Crippen MR) is 142 cm³/mol. The lowest BCUT2D eigenvalue weighted by atomic mass is 9.84. The van der Waals surface area contributed by atoms with Gasteiger partial charge in [-0.3, -0.25) is 14.6 Å². The van der Waals surface area contributed by atoms with E-state index >= 15 is 0 Å². The van der Waals surface area contributed by atoms with E-state index in [1.165, 1.54) is 35.2 Å². The van der Waals surface area contributed by atoms with Crippen LogP contribution in [0, 0.1) is 0 Å². The molecule has 0 bridgehead atoms. The Hall–Kier alpha value is -2.86. The number of hydrogen-bond donors (Lipinski definition) is 0.